The number of halogens is 2. The van der Waals surface area contributed by atoms with E-state index in [1.807, 2.05) is 44.2 Å². The Kier molecular flexibility index (Phi) is 8.99. The summed E-state index contributed by atoms with van der Waals surface area (Å²) < 4.78 is 0. The summed E-state index contributed by atoms with van der Waals surface area (Å²) in [4.78, 5) is 27.4. The van der Waals surface area contributed by atoms with Crippen LogP contribution in [0.1, 0.15) is 31.9 Å². The van der Waals surface area contributed by atoms with Crippen LogP contribution in [0.3, 0.4) is 0 Å². The van der Waals surface area contributed by atoms with Gasteiger partial charge >= 0.3 is 0 Å². The molecule has 0 saturated heterocycles. The van der Waals surface area contributed by atoms with Gasteiger partial charge in [0.05, 0.1) is 6.42 Å². The molecule has 0 spiro atoms. The summed E-state index contributed by atoms with van der Waals surface area (Å²) in [6, 6.07) is 14.5. The van der Waals surface area contributed by atoms with Gasteiger partial charge in [-0.2, -0.15) is 0 Å². The molecule has 1 atom stereocenters. The molecule has 0 saturated carbocycles. The minimum Gasteiger partial charge on any atom is -0.354 e. The fourth-order valence-electron chi connectivity index (χ4n) is 2.98. The molecule has 0 aliphatic heterocycles. The van der Waals surface area contributed by atoms with Crippen LogP contribution in [0, 0.1) is 5.92 Å². The Hall–Kier alpha value is -2.04. The van der Waals surface area contributed by atoms with Gasteiger partial charge in [0.2, 0.25) is 11.8 Å². The number of hydrogen-bond donors (Lipinski definition) is 1. The van der Waals surface area contributed by atoms with Crippen LogP contribution < -0.4 is 5.32 Å². The first-order chi connectivity index (χ1) is 13.8. The van der Waals surface area contributed by atoms with Gasteiger partial charge in [-0.15, -0.1) is 0 Å². The maximum absolute atomic E-state index is 13.2. The van der Waals surface area contributed by atoms with Crippen molar-refractivity contribution >= 4 is 35.0 Å². The van der Waals surface area contributed by atoms with E-state index in [0.717, 1.165) is 5.56 Å². The number of benzene rings is 2. The highest BCUT2D eigenvalue weighted by Gasteiger charge is 2.26. The molecule has 0 aliphatic carbocycles. The van der Waals surface area contributed by atoms with E-state index >= 15 is 0 Å². The number of amides is 2. The van der Waals surface area contributed by atoms with Crippen LogP contribution >= 0.6 is 23.2 Å². The van der Waals surface area contributed by atoms with Crippen LogP contribution in [-0.2, 0) is 22.4 Å². The second-order valence-electron chi connectivity index (χ2n) is 7.51. The van der Waals surface area contributed by atoms with E-state index in [2.05, 4.69) is 5.32 Å². The maximum Gasteiger partial charge on any atom is 0.242 e. The summed E-state index contributed by atoms with van der Waals surface area (Å²) in [5.41, 5.74) is 1.69. The van der Waals surface area contributed by atoms with E-state index in [1.165, 1.54) is 0 Å². The van der Waals surface area contributed by atoms with Crippen LogP contribution in [-0.4, -0.2) is 35.8 Å². The van der Waals surface area contributed by atoms with Crippen molar-refractivity contribution in [2.75, 3.05) is 13.1 Å². The molecule has 2 amide bonds. The van der Waals surface area contributed by atoms with Crippen LogP contribution in [0.15, 0.2) is 48.5 Å². The second-order valence-corrected chi connectivity index (χ2v) is 8.33. The molecule has 0 aliphatic rings. The predicted octanol–water partition coefficient (Wildman–Crippen LogP) is 4.77. The zero-order valence-corrected chi connectivity index (χ0v) is 18.6. The van der Waals surface area contributed by atoms with E-state index in [4.69, 9.17) is 23.2 Å². The largest absolute Gasteiger partial charge is 0.354 e. The van der Waals surface area contributed by atoms with Crippen LogP contribution in [0.2, 0.25) is 10.0 Å². The van der Waals surface area contributed by atoms with Gasteiger partial charge in [0.1, 0.15) is 6.04 Å². The molecule has 29 heavy (non-hydrogen) atoms. The molecular formula is C23H28Cl2N2O2. The molecule has 0 heterocycles. The average molecular weight is 435 g/mol. The molecule has 2 aromatic rings. The fourth-order valence-corrected chi connectivity index (χ4v) is 3.51. The first-order valence-corrected chi connectivity index (χ1v) is 10.6. The van der Waals surface area contributed by atoms with Crippen molar-refractivity contribution in [2.24, 2.45) is 5.92 Å². The Morgan fingerprint density at radius 2 is 1.59 bits per heavy atom. The molecule has 0 unspecified atom stereocenters. The lowest BCUT2D eigenvalue weighted by Crippen LogP contribution is -2.49. The summed E-state index contributed by atoms with van der Waals surface area (Å²) in [6.07, 6.45) is 0.708. The summed E-state index contributed by atoms with van der Waals surface area (Å²) in [6.45, 7) is 6.82. The summed E-state index contributed by atoms with van der Waals surface area (Å²) in [7, 11) is 0. The van der Waals surface area contributed by atoms with Gasteiger partial charge in [0, 0.05) is 23.1 Å². The number of carbonyl (C=O) groups is 2. The van der Waals surface area contributed by atoms with Crippen LogP contribution in [0.5, 0.6) is 0 Å². The fraction of sp³-hybridized carbons (Fsp3) is 0.391. The Balaban J connectivity index is 2.17. The highest BCUT2D eigenvalue weighted by molar-refractivity contribution is 6.36. The number of rotatable bonds is 9. The lowest BCUT2D eigenvalue weighted by Gasteiger charge is -2.29. The van der Waals surface area contributed by atoms with Crippen molar-refractivity contribution in [3.8, 4) is 0 Å². The third kappa shape index (κ3) is 7.06. The van der Waals surface area contributed by atoms with Gasteiger partial charge in [-0.1, -0.05) is 73.4 Å². The van der Waals surface area contributed by atoms with Crippen molar-refractivity contribution in [1.82, 2.24) is 10.2 Å². The molecule has 0 radical (unpaired) electrons. The molecule has 1 N–H and O–H groups in total. The highest BCUT2D eigenvalue weighted by Crippen LogP contribution is 2.25. The third-order valence-corrected chi connectivity index (χ3v) is 5.43. The zero-order chi connectivity index (χ0) is 21.4. The molecule has 0 bridgehead atoms. The number of carbonyl (C=O) groups excluding carboxylic acids is 2. The van der Waals surface area contributed by atoms with E-state index in [1.54, 1.807) is 30.0 Å². The zero-order valence-electron chi connectivity index (χ0n) is 17.1. The lowest BCUT2D eigenvalue weighted by molar-refractivity contribution is -0.139. The first-order valence-electron chi connectivity index (χ1n) is 9.83. The van der Waals surface area contributed by atoms with Gasteiger partial charge in [-0.25, -0.2) is 0 Å². The van der Waals surface area contributed by atoms with Gasteiger partial charge < -0.3 is 10.2 Å². The minimum absolute atomic E-state index is 0.0507. The number of nitrogens with one attached hydrogen (secondary N) is 1. The summed E-state index contributed by atoms with van der Waals surface area (Å²) in [5, 5.41) is 3.82. The highest BCUT2D eigenvalue weighted by atomic mass is 35.5. The molecule has 6 heteroatoms. The normalized spacial score (nSPS) is 11.9. The Morgan fingerprint density at radius 3 is 2.17 bits per heavy atom. The van der Waals surface area contributed by atoms with Crippen molar-refractivity contribution in [2.45, 2.75) is 39.7 Å². The third-order valence-electron chi connectivity index (χ3n) is 4.73. The van der Waals surface area contributed by atoms with Crippen molar-refractivity contribution in [1.29, 1.82) is 0 Å². The molecule has 2 rings (SSSR count). The van der Waals surface area contributed by atoms with E-state index in [9.17, 15) is 9.59 Å². The minimum atomic E-state index is -0.591. The number of hydrogen-bond acceptors (Lipinski definition) is 2. The predicted molar refractivity (Wildman–Crippen MR) is 119 cm³/mol. The Labute approximate surface area is 183 Å². The topological polar surface area (TPSA) is 49.4 Å². The van der Waals surface area contributed by atoms with E-state index in [0.29, 0.717) is 41.0 Å². The standard InChI is InChI=1S/C23H28Cl2N2O2/c1-16(2)15-26-23(29)17(3)27(13-12-18-8-5-4-6-9-18)22(28)14-19-20(24)10-7-11-21(19)25/h4-11,16-17H,12-15H2,1-3H3,(H,26,29)/t17-/m0/s1. The Bertz CT molecular complexity index is 805. The second kappa shape index (κ2) is 11.2. The molecule has 4 nitrogen and oxygen atoms in total. The molecule has 0 fully saturated rings. The van der Waals surface area contributed by atoms with Gasteiger partial charge in [0.15, 0.2) is 0 Å². The van der Waals surface area contributed by atoms with E-state index in [-0.39, 0.29) is 18.2 Å². The van der Waals surface area contributed by atoms with Gasteiger partial charge in [-0.3, -0.25) is 9.59 Å². The summed E-state index contributed by atoms with van der Waals surface area (Å²) >= 11 is 12.5. The Morgan fingerprint density at radius 1 is 0.966 bits per heavy atom. The van der Waals surface area contributed by atoms with Crippen molar-refractivity contribution < 1.29 is 9.59 Å². The van der Waals surface area contributed by atoms with Crippen LogP contribution in [0.4, 0.5) is 0 Å². The maximum atomic E-state index is 13.2. The molecular weight excluding hydrogens is 407 g/mol. The SMILES string of the molecule is CC(C)CNC(=O)[C@H](C)N(CCc1ccccc1)C(=O)Cc1c(Cl)cccc1Cl. The quantitative estimate of drug-likeness (QED) is 0.617. The molecule has 0 aromatic heterocycles. The van der Waals surface area contributed by atoms with E-state index < -0.39 is 6.04 Å². The van der Waals surface area contributed by atoms with Gasteiger partial charge in [-0.05, 0) is 42.5 Å². The smallest absolute Gasteiger partial charge is 0.242 e. The first kappa shape index (κ1) is 23.2. The summed E-state index contributed by atoms with van der Waals surface area (Å²) in [5.74, 6) is -0.00459. The lowest BCUT2D eigenvalue weighted by atomic mass is 10.1. The monoisotopic (exact) mass is 434 g/mol. The molecule has 2 aromatic carbocycles. The molecule has 156 valence electrons. The van der Waals surface area contributed by atoms with Crippen molar-refractivity contribution in [3.05, 3.63) is 69.7 Å². The number of nitrogens with zero attached hydrogens (tertiary/aromatic N) is 1. The van der Waals surface area contributed by atoms with Crippen molar-refractivity contribution in [3.63, 3.8) is 0 Å². The average Bonchev–Trinajstić information content (AvgIpc) is 2.69. The van der Waals surface area contributed by atoms with Gasteiger partial charge in [0.25, 0.3) is 0 Å². The van der Waals surface area contributed by atoms with Crippen LogP contribution in [0.25, 0.3) is 0 Å².